The SMILES string of the molecule is CCSC1CCC(Nc2cc(NN)nc(C(C)C)n2)C1. The Morgan fingerprint density at radius 3 is 2.75 bits per heavy atom. The zero-order valence-electron chi connectivity index (χ0n) is 12.5. The van der Waals surface area contributed by atoms with Crippen molar-refractivity contribution in [1.82, 2.24) is 9.97 Å². The molecule has 2 atom stereocenters. The number of nitrogens with two attached hydrogens (primary N) is 1. The van der Waals surface area contributed by atoms with Crippen molar-refractivity contribution in [1.29, 1.82) is 0 Å². The summed E-state index contributed by atoms with van der Waals surface area (Å²) in [6.45, 7) is 6.40. The minimum absolute atomic E-state index is 0.288. The number of anilines is 2. The van der Waals surface area contributed by atoms with E-state index in [2.05, 4.69) is 53.2 Å². The number of nitrogens with zero attached hydrogens (tertiary/aromatic N) is 2. The van der Waals surface area contributed by atoms with Gasteiger partial charge in [-0.15, -0.1) is 0 Å². The molecule has 0 bridgehead atoms. The molecule has 20 heavy (non-hydrogen) atoms. The zero-order chi connectivity index (χ0) is 14.5. The van der Waals surface area contributed by atoms with Crippen molar-refractivity contribution in [2.24, 2.45) is 5.84 Å². The Bertz CT molecular complexity index is 438. The van der Waals surface area contributed by atoms with Gasteiger partial charge in [0.05, 0.1) is 0 Å². The fraction of sp³-hybridized carbons (Fsp3) is 0.714. The molecule has 5 nitrogen and oxygen atoms in total. The summed E-state index contributed by atoms with van der Waals surface area (Å²) in [5.74, 6) is 9.34. The van der Waals surface area contributed by atoms with E-state index in [0.717, 1.165) is 16.9 Å². The standard InChI is InChI=1S/C14H25N5S/c1-4-20-11-6-5-10(7-11)16-12-8-13(19-15)18-14(17-12)9(2)3/h8-11H,4-7,15H2,1-3H3,(H2,16,17,18,19). The Labute approximate surface area is 125 Å². The van der Waals surface area contributed by atoms with Gasteiger partial charge in [-0.1, -0.05) is 20.8 Å². The molecule has 0 radical (unpaired) electrons. The number of nitrogens with one attached hydrogen (secondary N) is 2. The van der Waals surface area contributed by atoms with Crippen LogP contribution in [0.5, 0.6) is 0 Å². The van der Waals surface area contributed by atoms with Crippen LogP contribution < -0.4 is 16.6 Å². The van der Waals surface area contributed by atoms with E-state index in [1.807, 2.05) is 6.07 Å². The van der Waals surface area contributed by atoms with E-state index < -0.39 is 0 Å². The summed E-state index contributed by atoms with van der Waals surface area (Å²) in [5, 5.41) is 4.33. The van der Waals surface area contributed by atoms with Gasteiger partial charge in [-0.25, -0.2) is 15.8 Å². The third kappa shape index (κ3) is 3.99. The average molecular weight is 295 g/mol. The third-order valence-electron chi connectivity index (χ3n) is 3.55. The second-order valence-electron chi connectivity index (χ2n) is 5.53. The molecule has 0 aliphatic heterocycles. The molecule has 0 spiro atoms. The molecule has 1 heterocycles. The van der Waals surface area contributed by atoms with E-state index in [9.17, 15) is 0 Å². The van der Waals surface area contributed by atoms with E-state index in [4.69, 9.17) is 5.84 Å². The van der Waals surface area contributed by atoms with Gasteiger partial charge in [0.1, 0.15) is 17.5 Å². The minimum atomic E-state index is 0.288. The van der Waals surface area contributed by atoms with Crippen LogP contribution in [0.2, 0.25) is 0 Å². The van der Waals surface area contributed by atoms with Gasteiger partial charge in [0.15, 0.2) is 0 Å². The van der Waals surface area contributed by atoms with E-state index in [0.29, 0.717) is 11.9 Å². The molecule has 4 N–H and O–H groups in total. The van der Waals surface area contributed by atoms with E-state index in [1.165, 1.54) is 25.0 Å². The molecular weight excluding hydrogens is 270 g/mol. The molecule has 1 fully saturated rings. The van der Waals surface area contributed by atoms with E-state index in [-0.39, 0.29) is 5.92 Å². The van der Waals surface area contributed by atoms with Gasteiger partial charge in [0, 0.05) is 23.3 Å². The number of hydrogen-bond acceptors (Lipinski definition) is 6. The fourth-order valence-electron chi connectivity index (χ4n) is 2.54. The summed E-state index contributed by atoms with van der Waals surface area (Å²) in [5.41, 5.74) is 2.62. The van der Waals surface area contributed by atoms with Crippen molar-refractivity contribution in [3.8, 4) is 0 Å². The molecule has 112 valence electrons. The molecule has 0 saturated heterocycles. The topological polar surface area (TPSA) is 75.9 Å². The van der Waals surface area contributed by atoms with Crippen LogP contribution in [0.25, 0.3) is 0 Å². The van der Waals surface area contributed by atoms with Crippen molar-refractivity contribution in [2.45, 2.75) is 57.2 Å². The summed E-state index contributed by atoms with van der Waals surface area (Å²) in [6.07, 6.45) is 3.72. The summed E-state index contributed by atoms with van der Waals surface area (Å²) in [6, 6.07) is 2.39. The lowest BCUT2D eigenvalue weighted by atomic mass is 10.2. The summed E-state index contributed by atoms with van der Waals surface area (Å²) in [4.78, 5) is 8.97. The second kappa shape index (κ2) is 7.13. The molecule has 2 unspecified atom stereocenters. The van der Waals surface area contributed by atoms with Crippen molar-refractivity contribution >= 4 is 23.4 Å². The van der Waals surface area contributed by atoms with Crippen LogP contribution in [0.15, 0.2) is 6.07 Å². The van der Waals surface area contributed by atoms with E-state index in [1.54, 1.807) is 0 Å². The van der Waals surface area contributed by atoms with Crippen molar-refractivity contribution in [3.05, 3.63) is 11.9 Å². The van der Waals surface area contributed by atoms with Gasteiger partial charge in [-0.3, -0.25) is 0 Å². The first-order valence-corrected chi connectivity index (χ1v) is 8.41. The van der Waals surface area contributed by atoms with Crippen LogP contribution in [0.4, 0.5) is 11.6 Å². The lowest BCUT2D eigenvalue weighted by molar-refractivity contribution is 0.736. The maximum Gasteiger partial charge on any atom is 0.145 e. The summed E-state index contributed by atoms with van der Waals surface area (Å²) >= 11 is 2.06. The lowest BCUT2D eigenvalue weighted by Gasteiger charge is -2.16. The molecular formula is C14H25N5S. The van der Waals surface area contributed by atoms with Gasteiger partial charge in [-0.2, -0.15) is 11.8 Å². The predicted molar refractivity (Wildman–Crippen MR) is 87.1 cm³/mol. The minimum Gasteiger partial charge on any atom is -0.367 e. The molecule has 1 saturated carbocycles. The second-order valence-corrected chi connectivity index (χ2v) is 7.10. The Balaban J connectivity index is 2.04. The van der Waals surface area contributed by atoms with Crippen LogP contribution in [0, 0.1) is 0 Å². The smallest absolute Gasteiger partial charge is 0.145 e. The van der Waals surface area contributed by atoms with Crippen LogP contribution >= 0.6 is 11.8 Å². The lowest BCUT2D eigenvalue weighted by Crippen LogP contribution is -2.19. The number of hydrogen-bond donors (Lipinski definition) is 3. The van der Waals surface area contributed by atoms with Gasteiger partial charge < -0.3 is 10.7 Å². The molecule has 0 aromatic carbocycles. The van der Waals surface area contributed by atoms with Gasteiger partial charge >= 0.3 is 0 Å². The molecule has 6 heteroatoms. The summed E-state index contributed by atoms with van der Waals surface area (Å²) < 4.78 is 0. The van der Waals surface area contributed by atoms with Crippen molar-refractivity contribution in [3.63, 3.8) is 0 Å². The number of rotatable bonds is 6. The monoisotopic (exact) mass is 295 g/mol. The highest BCUT2D eigenvalue weighted by molar-refractivity contribution is 7.99. The number of aromatic nitrogens is 2. The number of nitrogen functional groups attached to an aromatic ring is 1. The molecule has 1 aromatic heterocycles. The highest BCUT2D eigenvalue weighted by atomic mass is 32.2. The van der Waals surface area contributed by atoms with Gasteiger partial charge in [0.2, 0.25) is 0 Å². The average Bonchev–Trinajstić information content (AvgIpc) is 2.86. The largest absolute Gasteiger partial charge is 0.367 e. The Morgan fingerprint density at radius 2 is 2.10 bits per heavy atom. The van der Waals surface area contributed by atoms with Crippen molar-refractivity contribution < 1.29 is 0 Å². The highest BCUT2D eigenvalue weighted by Gasteiger charge is 2.24. The predicted octanol–water partition coefficient (Wildman–Crippen LogP) is 2.97. The van der Waals surface area contributed by atoms with Crippen LogP contribution in [-0.2, 0) is 0 Å². The zero-order valence-corrected chi connectivity index (χ0v) is 13.3. The van der Waals surface area contributed by atoms with Crippen LogP contribution in [-0.4, -0.2) is 27.0 Å². The Morgan fingerprint density at radius 1 is 1.35 bits per heavy atom. The quantitative estimate of drug-likeness (QED) is 0.553. The maximum absolute atomic E-state index is 5.49. The molecule has 1 aromatic rings. The van der Waals surface area contributed by atoms with Crippen molar-refractivity contribution in [2.75, 3.05) is 16.5 Å². The number of hydrazine groups is 1. The molecule has 1 aliphatic carbocycles. The third-order valence-corrected chi connectivity index (χ3v) is 4.78. The number of thioether (sulfide) groups is 1. The van der Waals surface area contributed by atoms with E-state index >= 15 is 0 Å². The highest BCUT2D eigenvalue weighted by Crippen LogP contribution is 2.31. The molecule has 1 aliphatic rings. The fourth-order valence-corrected chi connectivity index (χ4v) is 3.68. The summed E-state index contributed by atoms with van der Waals surface area (Å²) in [7, 11) is 0. The van der Waals surface area contributed by atoms with Crippen LogP contribution in [0.3, 0.4) is 0 Å². The first kappa shape index (κ1) is 15.4. The Kier molecular flexibility index (Phi) is 5.48. The Hall–Kier alpha value is -1.01. The van der Waals surface area contributed by atoms with Gasteiger partial charge in [-0.05, 0) is 25.0 Å². The first-order valence-electron chi connectivity index (χ1n) is 7.36. The van der Waals surface area contributed by atoms with Crippen LogP contribution in [0.1, 0.15) is 51.8 Å². The normalized spacial score (nSPS) is 22.2. The maximum atomic E-state index is 5.49. The molecule has 2 rings (SSSR count). The first-order chi connectivity index (χ1) is 9.62. The van der Waals surface area contributed by atoms with Gasteiger partial charge in [0.25, 0.3) is 0 Å². The molecule has 0 amide bonds.